The van der Waals surface area contributed by atoms with Crippen LogP contribution in [0.3, 0.4) is 0 Å². The summed E-state index contributed by atoms with van der Waals surface area (Å²) in [4.78, 5) is 3.63. The van der Waals surface area contributed by atoms with E-state index < -0.39 is 6.30 Å². The number of imidazole rings is 1. The summed E-state index contributed by atoms with van der Waals surface area (Å²) in [5.41, 5.74) is 0.426. The number of para-hydroxylation sites is 2. The third-order valence-corrected chi connectivity index (χ3v) is 1.73. The molecule has 1 aromatic heterocycles. The molecule has 0 saturated heterocycles. The van der Waals surface area contributed by atoms with Gasteiger partial charge in [-0.1, -0.05) is 12.1 Å². The van der Waals surface area contributed by atoms with Gasteiger partial charge in [-0.25, -0.2) is 9.55 Å². The molecule has 0 unspecified atom stereocenters. The molecule has 0 bridgehead atoms. The Morgan fingerprint density at radius 1 is 1.14 bits per heavy atom. The van der Waals surface area contributed by atoms with Crippen LogP contribution in [-0.4, -0.2) is 9.55 Å². The van der Waals surface area contributed by atoms with E-state index in [9.17, 15) is 13.2 Å². The van der Waals surface area contributed by atoms with E-state index in [1.54, 1.807) is 12.1 Å². The number of aromatic nitrogens is 2. The molecule has 0 aliphatic rings. The van der Waals surface area contributed by atoms with Crippen LogP contribution in [0.25, 0.3) is 11.0 Å². The molecule has 76 valence electrons. The Balaban J connectivity index is 0.000000980. The van der Waals surface area contributed by atoms with Gasteiger partial charge in [-0.15, -0.1) is 25.6 Å². The van der Waals surface area contributed by atoms with Crippen molar-refractivity contribution < 1.29 is 13.2 Å². The minimum absolute atomic E-state index is 0. The zero-order valence-electron chi connectivity index (χ0n) is 6.82. The maximum atomic E-state index is 12.3. The Morgan fingerprint density at radius 3 is 2.43 bits per heavy atom. The molecule has 0 aliphatic carbocycles. The molecule has 2 nitrogen and oxygen atoms in total. The van der Waals surface area contributed by atoms with Crippen molar-refractivity contribution in [3.05, 3.63) is 30.6 Å². The van der Waals surface area contributed by atoms with Gasteiger partial charge in [-0.05, 0) is 12.1 Å². The fourth-order valence-electron chi connectivity index (χ4n) is 1.16. The summed E-state index contributed by atoms with van der Waals surface area (Å²) in [6, 6.07) is 6.12. The lowest BCUT2D eigenvalue weighted by Crippen LogP contribution is -2.14. The topological polar surface area (TPSA) is 17.8 Å². The zero-order chi connectivity index (χ0) is 9.47. The highest BCUT2D eigenvalue weighted by Gasteiger charge is 2.31. The molecule has 6 heteroatoms. The van der Waals surface area contributed by atoms with Gasteiger partial charge in [0.1, 0.15) is 6.33 Å². The van der Waals surface area contributed by atoms with Crippen LogP contribution < -0.4 is 0 Å². The van der Waals surface area contributed by atoms with Gasteiger partial charge in [-0.2, -0.15) is 0 Å². The first kappa shape index (κ1) is 10.8. The number of hydrogen-bond donors (Lipinski definition) is 0. The molecule has 1 heterocycles. The fraction of sp³-hybridized carbons (Fsp3) is 0.125. The van der Waals surface area contributed by atoms with E-state index in [4.69, 9.17) is 0 Å². The first-order valence-electron chi connectivity index (χ1n) is 3.58. The number of hydrogen-bond acceptors (Lipinski definition) is 1. The molecule has 0 spiro atoms. The molecule has 0 N–H and O–H groups in total. The standard InChI is InChI=1S/C8H5F3N2.ClH/c9-8(10,11)13-5-12-6-3-1-2-4-7(6)13;/h1-5H;1H. The maximum absolute atomic E-state index is 12.3. The van der Waals surface area contributed by atoms with E-state index in [1.807, 2.05) is 0 Å². The summed E-state index contributed by atoms with van der Waals surface area (Å²) >= 11 is 0. The van der Waals surface area contributed by atoms with Gasteiger partial charge in [0.05, 0.1) is 11.0 Å². The second-order valence-corrected chi connectivity index (χ2v) is 2.57. The quantitative estimate of drug-likeness (QED) is 0.670. The third kappa shape index (κ3) is 1.68. The van der Waals surface area contributed by atoms with E-state index in [2.05, 4.69) is 4.98 Å². The van der Waals surface area contributed by atoms with Crippen LogP contribution in [0, 0.1) is 0 Å². The van der Waals surface area contributed by atoms with Gasteiger partial charge >= 0.3 is 6.30 Å². The summed E-state index contributed by atoms with van der Waals surface area (Å²) in [7, 11) is 0. The lowest BCUT2D eigenvalue weighted by molar-refractivity contribution is -0.201. The van der Waals surface area contributed by atoms with E-state index in [0.29, 0.717) is 5.52 Å². The number of alkyl halides is 3. The Labute approximate surface area is 83.8 Å². The molecule has 14 heavy (non-hydrogen) atoms. The molecule has 0 atom stereocenters. The Kier molecular flexibility index (Phi) is 2.71. The van der Waals surface area contributed by atoms with Crippen molar-refractivity contribution in [1.82, 2.24) is 9.55 Å². The van der Waals surface area contributed by atoms with Crippen LogP contribution in [0.5, 0.6) is 0 Å². The van der Waals surface area contributed by atoms with Crippen LogP contribution in [0.4, 0.5) is 13.2 Å². The Morgan fingerprint density at radius 2 is 1.79 bits per heavy atom. The highest BCUT2D eigenvalue weighted by Crippen LogP contribution is 2.26. The van der Waals surface area contributed by atoms with E-state index in [-0.39, 0.29) is 22.5 Å². The van der Waals surface area contributed by atoms with E-state index in [1.165, 1.54) is 12.1 Å². The van der Waals surface area contributed by atoms with Gasteiger partial charge in [0.2, 0.25) is 0 Å². The molecule has 0 fully saturated rings. The monoisotopic (exact) mass is 222 g/mol. The van der Waals surface area contributed by atoms with Gasteiger partial charge in [0.15, 0.2) is 0 Å². The zero-order valence-corrected chi connectivity index (χ0v) is 7.64. The smallest absolute Gasteiger partial charge is 0.241 e. The second-order valence-electron chi connectivity index (χ2n) is 2.57. The normalized spacial score (nSPS) is 11.4. The van der Waals surface area contributed by atoms with Gasteiger partial charge in [-0.3, -0.25) is 0 Å². The average molecular weight is 223 g/mol. The molecule has 0 saturated carbocycles. The maximum Gasteiger partial charge on any atom is 0.490 e. The molecular weight excluding hydrogens is 217 g/mol. The van der Waals surface area contributed by atoms with Crippen molar-refractivity contribution in [2.75, 3.05) is 0 Å². The van der Waals surface area contributed by atoms with Gasteiger partial charge in [0, 0.05) is 0 Å². The molecule has 2 rings (SSSR count). The fourth-order valence-corrected chi connectivity index (χ4v) is 1.16. The molecular formula is C8H6ClF3N2. The summed E-state index contributed by atoms with van der Waals surface area (Å²) in [5.74, 6) is 0. The Bertz CT molecular complexity index is 435. The van der Waals surface area contributed by atoms with E-state index >= 15 is 0 Å². The van der Waals surface area contributed by atoms with Crippen molar-refractivity contribution in [1.29, 1.82) is 0 Å². The van der Waals surface area contributed by atoms with Crippen LogP contribution in [0.15, 0.2) is 30.6 Å². The highest BCUT2D eigenvalue weighted by molar-refractivity contribution is 5.85. The predicted octanol–water partition coefficient (Wildman–Crippen LogP) is 2.93. The Hall–Kier alpha value is -1.23. The minimum atomic E-state index is -4.39. The SMILES string of the molecule is Cl.FC(F)(F)n1cnc2ccccc21. The first-order valence-corrected chi connectivity index (χ1v) is 3.58. The molecule has 0 aliphatic heterocycles. The third-order valence-electron chi connectivity index (χ3n) is 1.73. The van der Waals surface area contributed by atoms with Gasteiger partial charge in [0.25, 0.3) is 0 Å². The number of fused-ring (bicyclic) bond motifs is 1. The van der Waals surface area contributed by atoms with Crippen LogP contribution in [0.1, 0.15) is 0 Å². The second kappa shape index (κ2) is 3.49. The van der Waals surface area contributed by atoms with Crippen LogP contribution in [0.2, 0.25) is 0 Å². The molecule has 0 amide bonds. The average Bonchev–Trinajstić information content (AvgIpc) is 2.45. The predicted molar refractivity (Wildman–Crippen MR) is 48.3 cm³/mol. The highest BCUT2D eigenvalue weighted by atomic mass is 35.5. The number of benzene rings is 1. The van der Waals surface area contributed by atoms with Crippen molar-refractivity contribution in [2.24, 2.45) is 0 Å². The summed E-state index contributed by atoms with van der Waals surface area (Å²) in [6.07, 6.45) is -3.61. The molecule has 1 aromatic carbocycles. The van der Waals surface area contributed by atoms with Crippen molar-refractivity contribution >= 4 is 23.4 Å². The number of nitrogens with zero attached hydrogens (tertiary/aromatic N) is 2. The first-order chi connectivity index (χ1) is 6.09. The van der Waals surface area contributed by atoms with Crippen LogP contribution in [-0.2, 0) is 6.30 Å². The van der Waals surface area contributed by atoms with Crippen molar-refractivity contribution in [2.45, 2.75) is 6.30 Å². The van der Waals surface area contributed by atoms with Crippen molar-refractivity contribution in [3.8, 4) is 0 Å². The summed E-state index contributed by atoms with van der Waals surface area (Å²) in [6.45, 7) is 0. The lowest BCUT2D eigenvalue weighted by Gasteiger charge is -2.07. The molecule has 0 radical (unpaired) electrons. The summed E-state index contributed by atoms with van der Waals surface area (Å²) in [5, 5.41) is 0. The number of rotatable bonds is 0. The number of halogens is 4. The lowest BCUT2D eigenvalue weighted by atomic mass is 10.3. The molecule has 2 aromatic rings. The largest absolute Gasteiger partial charge is 0.490 e. The van der Waals surface area contributed by atoms with Crippen LogP contribution >= 0.6 is 12.4 Å². The summed E-state index contributed by atoms with van der Waals surface area (Å²) < 4.78 is 37.0. The van der Waals surface area contributed by atoms with Crippen molar-refractivity contribution in [3.63, 3.8) is 0 Å². The van der Waals surface area contributed by atoms with Gasteiger partial charge < -0.3 is 0 Å². The van der Waals surface area contributed by atoms with E-state index in [0.717, 1.165) is 6.33 Å². The minimum Gasteiger partial charge on any atom is -0.241 e.